The zero-order valence-electron chi connectivity index (χ0n) is 16.6. The summed E-state index contributed by atoms with van der Waals surface area (Å²) < 4.78 is 25.7. The SMILES string of the molecule is O=C(Nc1ccc(-c2nc3ccccc3[nH]2)cc1)c1cccc(N2CCCS2(=O)=O)c1. The summed E-state index contributed by atoms with van der Waals surface area (Å²) in [5.74, 6) is 0.606. The molecular weight excluding hydrogens is 412 g/mol. The number of H-pyrrole nitrogens is 1. The lowest BCUT2D eigenvalue weighted by molar-refractivity contribution is 0.102. The Labute approximate surface area is 179 Å². The predicted octanol–water partition coefficient (Wildman–Crippen LogP) is 4.02. The van der Waals surface area contributed by atoms with Crippen LogP contribution in [0, 0.1) is 0 Å². The number of para-hydroxylation sites is 2. The number of rotatable bonds is 4. The van der Waals surface area contributed by atoms with Crippen molar-refractivity contribution in [3.8, 4) is 11.4 Å². The first kappa shape index (κ1) is 19.3. The fourth-order valence-corrected chi connectivity index (χ4v) is 5.29. The fraction of sp³-hybridized carbons (Fsp3) is 0.130. The number of benzene rings is 3. The smallest absolute Gasteiger partial charge is 0.255 e. The Hall–Kier alpha value is -3.65. The van der Waals surface area contributed by atoms with Crippen LogP contribution < -0.4 is 9.62 Å². The van der Waals surface area contributed by atoms with Crippen LogP contribution in [-0.4, -0.2) is 36.6 Å². The third-order valence-corrected chi connectivity index (χ3v) is 7.17. The van der Waals surface area contributed by atoms with Crippen molar-refractivity contribution >= 4 is 38.3 Å². The minimum atomic E-state index is -3.29. The van der Waals surface area contributed by atoms with Crippen molar-refractivity contribution in [2.75, 3.05) is 21.9 Å². The Morgan fingerprint density at radius 2 is 1.81 bits per heavy atom. The van der Waals surface area contributed by atoms with Crippen LogP contribution in [0.3, 0.4) is 0 Å². The molecule has 8 heteroatoms. The number of hydrogen-bond donors (Lipinski definition) is 2. The fourth-order valence-electron chi connectivity index (χ4n) is 3.74. The molecule has 1 aliphatic heterocycles. The third-order valence-electron chi connectivity index (χ3n) is 5.30. The van der Waals surface area contributed by atoms with E-state index in [1.807, 2.05) is 48.5 Å². The lowest BCUT2D eigenvalue weighted by atomic mass is 10.1. The summed E-state index contributed by atoms with van der Waals surface area (Å²) in [6, 6.07) is 21.9. The first-order chi connectivity index (χ1) is 15.0. The Bertz CT molecular complexity index is 1340. The van der Waals surface area contributed by atoms with Crippen LogP contribution in [0.2, 0.25) is 0 Å². The van der Waals surface area contributed by atoms with Gasteiger partial charge in [0.25, 0.3) is 5.91 Å². The molecule has 2 heterocycles. The summed E-state index contributed by atoms with van der Waals surface area (Å²) in [6.45, 7) is 0.441. The lowest BCUT2D eigenvalue weighted by Gasteiger charge is -2.17. The molecule has 0 radical (unpaired) electrons. The van der Waals surface area contributed by atoms with Crippen molar-refractivity contribution in [3.05, 3.63) is 78.4 Å². The Morgan fingerprint density at radius 1 is 1.00 bits per heavy atom. The highest BCUT2D eigenvalue weighted by atomic mass is 32.2. The van der Waals surface area contributed by atoms with Gasteiger partial charge >= 0.3 is 0 Å². The molecule has 1 aromatic heterocycles. The molecule has 1 saturated heterocycles. The first-order valence-corrected chi connectivity index (χ1v) is 11.6. The van der Waals surface area contributed by atoms with Gasteiger partial charge in [0.1, 0.15) is 5.82 Å². The van der Waals surface area contributed by atoms with Gasteiger partial charge in [-0.05, 0) is 61.0 Å². The number of aromatic amines is 1. The number of nitrogens with zero attached hydrogens (tertiary/aromatic N) is 2. The second-order valence-electron chi connectivity index (χ2n) is 7.43. The number of carbonyl (C=O) groups is 1. The van der Waals surface area contributed by atoms with Gasteiger partial charge in [0.15, 0.2) is 0 Å². The summed E-state index contributed by atoms with van der Waals surface area (Å²) >= 11 is 0. The molecule has 0 unspecified atom stereocenters. The highest BCUT2D eigenvalue weighted by Gasteiger charge is 2.28. The first-order valence-electron chi connectivity index (χ1n) is 9.97. The molecule has 1 aliphatic rings. The van der Waals surface area contributed by atoms with Crippen LogP contribution in [0.1, 0.15) is 16.8 Å². The van der Waals surface area contributed by atoms with Crippen LogP contribution in [0.15, 0.2) is 72.8 Å². The normalized spacial score (nSPS) is 15.3. The highest BCUT2D eigenvalue weighted by Crippen LogP contribution is 2.26. The molecule has 0 spiro atoms. The average molecular weight is 433 g/mol. The van der Waals surface area contributed by atoms with E-state index in [0.717, 1.165) is 22.4 Å². The molecule has 0 atom stereocenters. The van der Waals surface area contributed by atoms with Crippen LogP contribution in [-0.2, 0) is 10.0 Å². The lowest BCUT2D eigenvalue weighted by Crippen LogP contribution is -2.25. The van der Waals surface area contributed by atoms with E-state index in [0.29, 0.717) is 29.9 Å². The van der Waals surface area contributed by atoms with Crippen LogP contribution in [0.4, 0.5) is 11.4 Å². The van der Waals surface area contributed by atoms with Gasteiger partial charge in [-0.2, -0.15) is 0 Å². The summed E-state index contributed by atoms with van der Waals surface area (Å²) in [5.41, 5.74) is 4.34. The molecule has 2 N–H and O–H groups in total. The molecule has 0 bridgehead atoms. The van der Waals surface area contributed by atoms with Gasteiger partial charge in [0.05, 0.1) is 22.5 Å². The van der Waals surface area contributed by atoms with Gasteiger partial charge in [-0.3, -0.25) is 9.10 Å². The van der Waals surface area contributed by atoms with Crippen LogP contribution >= 0.6 is 0 Å². The summed E-state index contributed by atoms with van der Waals surface area (Å²) in [7, 11) is -3.29. The molecule has 31 heavy (non-hydrogen) atoms. The third kappa shape index (κ3) is 3.77. The number of nitrogens with one attached hydrogen (secondary N) is 2. The summed E-state index contributed by atoms with van der Waals surface area (Å²) in [5, 5.41) is 2.86. The van der Waals surface area contributed by atoms with Gasteiger partial charge in [-0.25, -0.2) is 13.4 Å². The van der Waals surface area contributed by atoms with Crippen molar-refractivity contribution in [2.45, 2.75) is 6.42 Å². The van der Waals surface area contributed by atoms with Crippen molar-refractivity contribution in [3.63, 3.8) is 0 Å². The molecular formula is C23H20N4O3S. The number of anilines is 2. The molecule has 7 nitrogen and oxygen atoms in total. The van der Waals surface area contributed by atoms with Gasteiger partial charge in [0.2, 0.25) is 10.0 Å². The van der Waals surface area contributed by atoms with Gasteiger partial charge in [0, 0.05) is 23.4 Å². The summed E-state index contributed by atoms with van der Waals surface area (Å²) in [6.07, 6.45) is 0.594. The van der Waals surface area contributed by atoms with Crippen molar-refractivity contribution in [2.24, 2.45) is 0 Å². The largest absolute Gasteiger partial charge is 0.338 e. The van der Waals surface area contributed by atoms with E-state index < -0.39 is 10.0 Å². The maximum absolute atomic E-state index is 12.7. The summed E-state index contributed by atoms with van der Waals surface area (Å²) in [4.78, 5) is 20.6. The average Bonchev–Trinajstić information content (AvgIpc) is 3.37. The van der Waals surface area contributed by atoms with Gasteiger partial charge in [-0.1, -0.05) is 18.2 Å². The van der Waals surface area contributed by atoms with Crippen molar-refractivity contribution < 1.29 is 13.2 Å². The second-order valence-corrected chi connectivity index (χ2v) is 9.44. The van der Waals surface area contributed by atoms with E-state index in [-0.39, 0.29) is 11.7 Å². The standard InChI is InChI=1S/C23H20N4O3S/c28-23(17-5-3-6-19(15-17)27-13-4-14-31(27,29)30)24-18-11-9-16(10-12-18)22-25-20-7-1-2-8-21(20)26-22/h1-3,5-12,15H,4,13-14H2,(H,24,28)(H,25,26). The molecule has 156 valence electrons. The van der Waals surface area contributed by atoms with E-state index in [2.05, 4.69) is 15.3 Å². The zero-order chi connectivity index (χ0) is 21.4. The topological polar surface area (TPSA) is 95.2 Å². The monoisotopic (exact) mass is 432 g/mol. The molecule has 0 aliphatic carbocycles. The molecule has 1 fully saturated rings. The molecule has 3 aromatic carbocycles. The second kappa shape index (κ2) is 7.55. The molecule has 0 saturated carbocycles. The number of hydrogen-bond acceptors (Lipinski definition) is 4. The Morgan fingerprint density at radius 3 is 2.55 bits per heavy atom. The molecule has 5 rings (SSSR count). The zero-order valence-corrected chi connectivity index (χ0v) is 17.4. The number of fused-ring (bicyclic) bond motifs is 1. The van der Waals surface area contributed by atoms with E-state index >= 15 is 0 Å². The van der Waals surface area contributed by atoms with E-state index in [4.69, 9.17) is 0 Å². The highest BCUT2D eigenvalue weighted by molar-refractivity contribution is 7.93. The van der Waals surface area contributed by atoms with E-state index in [1.54, 1.807) is 24.3 Å². The van der Waals surface area contributed by atoms with Crippen molar-refractivity contribution in [1.82, 2.24) is 9.97 Å². The number of aromatic nitrogens is 2. The Kier molecular flexibility index (Phi) is 4.71. The molecule has 4 aromatic rings. The number of amides is 1. The Balaban J connectivity index is 1.33. The van der Waals surface area contributed by atoms with E-state index in [1.165, 1.54) is 4.31 Å². The maximum Gasteiger partial charge on any atom is 0.255 e. The molecule has 1 amide bonds. The maximum atomic E-state index is 12.7. The van der Waals surface area contributed by atoms with E-state index in [9.17, 15) is 13.2 Å². The van der Waals surface area contributed by atoms with Crippen molar-refractivity contribution in [1.29, 1.82) is 0 Å². The van der Waals surface area contributed by atoms with Crippen LogP contribution in [0.5, 0.6) is 0 Å². The predicted molar refractivity (Wildman–Crippen MR) is 122 cm³/mol. The number of imidazole rings is 1. The van der Waals surface area contributed by atoms with Gasteiger partial charge < -0.3 is 10.3 Å². The minimum Gasteiger partial charge on any atom is -0.338 e. The quantitative estimate of drug-likeness (QED) is 0.509. The number of carbonyl (C=O) groups excluding carboxylic acids is 1. The van der Waals surface area contributed by atoms with Crippen LogP contribution in [0.25, 0.3) is 22.4 Å². The van der Waals surface area contributed by atoms with Gasteiger partial charge in [-0.15, -0.1) is 0 Å². The number of sulfonamides is 1. The minimum absolute atomic E-state index is 0.140.